The molecule has 0 radical (unpaired) electrons. The van der Waals surface area contributed by atoms with Gasteiger partial charge in [-0.2, -0.15) is 0 Å². The number of aromatic nitrogens is 2. The van der Waals surface area contributed by atoms with Crippen LogP contribution in [0.5, 0.6) is 0 Å². The summed E-state index contributed by atoms with van der Waals surface area (Å²) in [4.78, 5) is 14.8. The predicted octanol–water partition coefficient (Wildman–Crippen LogP) is 1.94. The van der Waals surface area contributed by atoms with Crippen LogP contribution >= 0.6 is 0 Å². The summed E-state index contributed by atoms with van der Waals surface area (Å²) in [5, 5.41) is 8.75. The molecule has 4 nitrogen and oxygen atoms in total. The topological polar surface area (TPSA) is 55.1 Å². The molecule has 16 heavy (non-hydrogen) atoms. The molecule has 0 bridgehead atoms. The van der Waals surface area contributed by atoms with Crippen molar-refractivity contribution in [3.8, 4) is 11.4 Å². The van der Waals surface area contributed by atoms with Gasteiger partial charge in [0.2, 0.25) is 0 Å². The van der Waals surface area contributed by atoms with Crippen molar-refractivity contribution in [3.63, 3.8) is 0 Å². The van der Waals surface area contributed by atoms with E-state index < -0.39 is 5.97 Å². The van der Waals surface area contributed by atoms with E-state index >= 15 is 0 Å². The van der Waals surface area contributed by atoms with Crippen LogP contribution in [0.4, 0.5) is 0 Å². The largest absolute Gasteiger partial charge is 0.480 e. The maximum atomic E-state index is 10.7. The number of rotatable bonds is 3. The zero-order chi connectivity index (χ0) is 11.5. The summed E-state index contributed by atoms with van der Waals surface area (Å²) >= 11 is 0. The first-order chi connectivity index (χ1) is 7.66. The van der Waals surface area contributed by atoms with Gasteiger partial charge in [0.1, 0.15) is 12.4 Å². The Bertz CT molecular complexity index is 500. The van der Waals surface area contributed by atoms with E-state index in [4.69, 9.17) is 5.11 Å². The molecule has 1 N–H and O–H groups in total. The lowest BCUT2D eigenvalue weighted by molar-refractivity contribution is -0.137. The van der Waals surface area contributed by atoms with Gasteiger partial charge in [-0.1, -0.05) is 29.8 Å². The van der Waals surface area contributed by atoms with E-state index in [1.807, 2.05) is 31.2 Å². The van der Waals surface area contributed by atoms with Crippen LogP contribution in [0.2, 0.25) is 0 Å². The molecule has 0 saturated heterocycles. The highest BCUT2D eigenvalue weighted by Gasteiger charge is 2.07. The summed E-state index contributed by atoms with van der Waals surface area (Å²) < 4.78 is 1.62. The third kappa shape index (κ3) is 2.11. The van der Waals surface area contributed by atoms with Crippen molar-refractivity contribution < 1.29 is 9.90 Å². The molecule has 1 heterocycles. The number of carboxylic acid groups (broad SMARTS) is 1. The van der Waals surface area contributed by atoms with Crippen LogP contribution in [0, 0.1) is 6.92 Å². The Hall–Kier alpha value is -2.10. The van der Waals surface area contributed by atoms with Crippen molar-refractivity contribution in [1.82, 2.24) is 9.55 Å². The second-order valence-corrected chi connectivity index (χ2v) is 3.64. The molecule has 1 aromatic heterocycles. The van der Waals surface area contributed by atoms with Gasteiger partial charge in [0.05, 0.1) is 0 Å². The minimum atomic E-state index is -0.869. The number of benzene rings is 1. The Morgan fingerprint density at radius 1 is 1.38 bits per heavy atom. The van der Waals surface area contributed by atoms with Gasteiger partial charge in [-0.05, 0) is 6.92 Å². The average molecular weight is 216 g/mol. The standard InChI is InChI=1S/C12H12N2O2/c1-9-2-4-10(5-3-9)12-13-6-7-14(12)8-11(15)16/h2-7H,8H2,1H3,(H,15,16). The van der Waals surface area contributed by atoms with Crippen molar-refractivity contribution in [2.24, 2.45) is 0 Å². The lowest BCUT2D eigenvalue weighted by Gasteiger charge is -2.05. The Balaban J connectivity index is 2.36. The fourth-order valence-electron chi connectivity index (χ4n) is 1.55. The van der Waals surface area contributed by atoms with Crippen molar-refractivity contribution in [1.29, 1.82) is 0 Å². The maximum Gasteiger partial charge on any atom is 0.323 e. The van der Waals surface area contributed by atoms with Crippen molar-refractivity contribution in [2.75, 3.05) is 0 Å². The molecule has 0 fully saturated rings. The number of nitrogens with zero attached hydrogens (tertiary/aromatic N) is 2. The smallest absolute Gasteiger partial charge is 0.323 e. The highest BCUT2D eigenvalue weighted by Crippen LogP contribution is 2.17. The van der Waals surface area contributed by atoms with Crippen molar-refractivity contribution >= 4 is 5.97 Å². The Labute approximate surface area is 93.2 Å². The molecule has 0 unspecified atom stereocenters. The van der Waals surface area contributed by atoms with Gasteiger partial charge in [0.25, 0.3) is 0 Å². The van der Waals surface area contributed by atoms with Gasteiger partial charge in [-0.3, -0.25) is 4.79 Å². The quantitative estimate of drug-likeness (QED) is 0.853. The van der Waals surface area contributed by atoms with Crippen LogP contribution in [0.1, 0.15) is 5.56 Å². The molecule has 1 aromatic carbocycles. The molecular weight excluding hydrogens is 204 g/mol. The first kappa shape index (κ1) is 10.4. The van der Waals surface area contributed by atoms with Crippen LogP contribution in [0.15, 0.2) is 36.7 Å². The first-order valence-electron chi connectivity index (χ1n) is 4.97. The van der Waals surface area contributed by atoms with E-state index in [0.717, 1.165) is 5.56 Å². The van der Waals surface area contributed by atoms with Gasteiger partial charge < -0.3 is 9.67 Å². The van der Waals surface area contributed by atoms with Gasteiger partial charge in [-0.25, -0.2) is 4.98 Å². The average Bonchev–Trinajstić information content (AvgIpc) is 2.66. The fourth-order valence-corrected chi connectivity index (χ4v) is 1.55. The van der Waals surface area contributed by atoms with Crippen LogP contribution in [-0.4, -0.2) is 20.6 Å². The summed E-state index contributed by atoms with van der Waals surface area (Å²) in [7, 11) is 0. The lowest BCUT2D eigenvalue weighted by Crippen LogP contribution is -2.09. The molecular formula is C12H12N2O2. The number of imidazole rings is 1. The predicted molar refractivity (Wildman–Crippen MR) is 60.0 cm³/mol. The molecule has 0 aliphatic rings. The van der Waals surface area contributed by atoms with E-state index in [9.17, 15) is 4.79 Å². The molecule has 4 heteroatoms. The minimum absolute atomic E-state index is 0.0663. The minimum Gasteiger partial charge on any atom is -0.480 e. The Morgan fingerprint density at radius 3 is 2.69 bits per heavy atom. The van der Waals surface area contributed by atoms with E-state index in [1.54, 1.807) is 17.0 Å². The molecule has 2 rings (SSSR count). The zero-order valence-electron chi connectivity index (χ0n) is 8.92. The first-order valence-corrected chi connectivity index (χ1v) is 4.97. The van der Waals surface area contributed by atoms with E-state index in [0.29, 0.717) is 5.82 Å². The molecule has 0 spiro atoms. The number of aryl methyl sites for hydroxylation is 1. The summed E-state index contributed by atoms with van der Waals surface area (Å²) in [6.45, 7) is 1.94. The highest BCUT2D eigenvalue weighted by molar-refractivity contribution is 5.68. The summed E-state index contributed by atoms with van der Waals surface area (Å²) in [5.74, 6) is -0.186. The number of aliphatic carboxylic acids is 1. The van der Waals surface area contributed by atoms with Crippen molar-refractivity contribution in [3.05, 3.63) is 42.2 Å². The third-order valence-electron chi connectivity index (χ3n) is 2.33. The van der Waals surface area contributed by atoms with E-state index in [-0.39, 0.29) is 6.54 Å². The van der Waals surface area contributed by atoms with Gasteiger partial charge in [0.15, 0.2) is 0 Å². The number of carboxylic acids is 1. The maximum absolute atomic E-state index is 10.7. The van der Waals surface area contributed by atoms with Gasteiger partial charge >= 0.3 is 5.97 Å². The summed E-state index contributed by atoms with van der Waals surface area (Å²) in [5.41, 5.74) is 2.09. The second kappa shape index (κ2) is 4.18. The molecule has 0 saturated carbocycles. The fraction of sp³-hybridized carbons (Fsp3) is 0.167. The Kier molecular flexibility index (Phi) is 2.72. The van der Waals surface area contributed by atoms with Crippen LogP contribution < -0.4 is 0 Å². The van der Waals surface area contributed by atoms with E-state index in [1.165, 1.54) is 5.56 Å². The van der Waals surface area contributed by atoms with Crippen molar-refractivity contribution in [2.45, 2.75) is 13.5 Å². The lowest BCUT2D eigenvalue weighted by atomic mass is 10.1. The van der Waals surface area contributed by atoms with Crippen LogP contribution in [0.25, 0.3) is 11.4 Å². The molecule has 0 aliphatic heterocycles. The van der Waals surface area contributed by atoms with Crippen LogP contribution in [0.3, 0.4) is 0 Å². The SMILES string of the molecule is Cc1ccc(-c2nccn2CC(=O)O)cc1. The molecule has 2 aromatic rings. The molecule has 82 valence electrons. The monoisotopic (exact) mass is 216 g/mol. The normalized spacial score (nSPS) is 10.3. The summed E-state index contributed by atoms with van der Waals surface area (Å²) in [6.07, 6.45) is 3.28. The molecule has 0 amide bonds. The summed E-state index contributed by atoms with van der Waals surface area (Å²) in [6, 6.07) is 7.84. The van der Waals surface area contributed by atoms with Gasteiger partial charge in [-0.15, -0.1) is 0 Å². The van der Waals surface area contributed by atoms with Gasteiger partial charge in [0, 0.05) is 18.0 Å². The third-order valence-corrected chi connectivity index (χ3v) is 2.33. The number of carbonyl (C=O) groups is 1. The molecule has 0 atom stereocenters. The number of hydrogen-bond acceptors (Lipinski definition) is 2. The molecule has 0 aliphatic carbocycles. The van der Waals surface area contributed by atoms with Crippen LogP contribution in [-0.2, 0) is 11.3 Å². The number of hydrogen-bond donors (Lipinski definition) is 1. The van der Waals surface area contributed by atoms with E-state index in [2.05, 4.69) is 4.98 Å². The highest BCUT2D eigenvalue weighted by atomic mass is 16.4. The zero-order valence-corrected chi connectivity index (χ0v) is 8.92. The second-order valence-electron chi connectivity index (χ2n) is 3.64. The Morgan fingerprint density at radius 2 is 2.06 bits per heavy atom.